The van der Waals surface area contributed by atoms with Crippen LogP contribution in [0.15, 0.2) is 79.9 Å². The van der Waals surface area contributed by atoms with E-state index < -0.39 is 12.1 Å². The summed E-state index contributed by atoms with van der Waals surface area (Å²) in [4.78, 5) is 19.7. The number of nitrogens with zero attached hydrogens (tertiary/aromatic N) is 4. The molecule has 10 heteroatoms. The molecule has 0 saturated heterocycles. The van der Waals surface area contributed by atoms with E-state index in [4.69, 9.17) is 10.5 Å². The first-order chi connectivity index (χ1) is 16.0. The van der Waals surface area contributed by atoms with E-state index in [1.807, 2.05) is 0 Å². The van der Waals surface area contributed by atoms with E-state index in [-0.39, 0.29) is 28.7 Å². The van der Waals surface area contributed by atoms with E-state index in [1.54, 1.807) is 24.3 Å². The number of amides is 1. The number of ether oxygens (including phenoxy) is 1. The number of carbonyl (C=O) groups is 1. The fraction of sp³-hybridized carbons (Fsp3) is 0.0435. The summed E-state index contributed by atoms with van der Waals surface area (Å²) in [5.74, 6) is -0.523. The zero-order valence-electron chi connectivity index (χ0n) is 17.2. The SMILES string of the molecule is C=CC(=O)Nc1cccc(Oc2ncnc(N)c2-c2cnn(C(F)c3ccccc3F)c2)c1. The zero-order valence-corrected chi connectivity index (χ0v) is 17.2. The molecular formula is C23H18F2N6O2. The Balaban J connectivity index is 1.65. The Hall–Kier alpha value is -4.60. The third kappa shape index (κ3) is 4.69. The summed E-state index contributed by atoms with van der Waals surface area (Å²) in [5.41, 5.74) is 7.04. The van der Waals surface area contributed by atoms with Crippen LogP contribution in [-0.2, 0) is 4.79 Å². The second kappa shape index (κ2) is 9.27. The van der Waals surface area contributed by atoms with Gasteiger partial charge in [0.2, 0.25) is 18.1 Å². The average Bonchev–Trinajstić information content (AvgIpc) is 3.29. The van der Waals surface area contributed by atoms with Gasteiger partial charge in [-0.1, -0.05) is 30.8 Å². The largest absolute Gasteiger partial charge is 0.438 e. The van der Waals surface area contributed by atoms with Crippen LogP contribution in [0.2, 0.25) is 0 Å². The van der Waals surface area contributed by atoms with Gasteiger partial charge >= 0.3 is 0 Å². The van der Waals surface area contributed by atoms with Crippen molar-refractivity contribution in [3.05, 3.63) is 91.3 Å². The van der Waals surface area contributed by atoms with Gasteiger partial charge in [0, 0.05) is 29.1 Å². The Morgan fingerprint density at radius 1 is 1.21 bits per heavy atom. The molecule has 2 aromatic carbocycles. The van der Waals surface area contributed by atoms with Crippen LogP contribution in [0.5, 0.6) is 11.6 Å². The molecule has 1 amide bonds. The molecule has 0 radical (unpaired) electrons. The lowest BCUT2D eigenvalue weighted by Gasteiger charge is -2.12. The maximum atomic E-state index is 14.9. The van der Waals surface area contributed by atoms with Crippen LogP contribution in [0.1, 0.15) is 11.9 Å². The minimum atomic E-state index is -1.85. The lowest BCUT2D eigenvalue weighted by atomic mass is 10.1. The Bertz CT molecular complexity index is 1320. The monoisotopic (exact) mass is 448 g/mol. The van der Waals surface area contributed by atoms with Crippen molar-refractivity contribution in [1.82, 2.24) is 19.7 Å². The molecule has 33 heavy (non-hydrogen) atoms. The van der Waals surface area contributed by atoms with E-state index in [1.165, 1.54) is 43.0 Å². The third-order valence-corrected chi connectivity index (χ3v) is 4.63. The molecule has 0 aliphatic carbocycles. The number of aromatic nitrogens is 4. The number of carbonyl (C=O) groups excluding carboxylic acids is 1. The van der Waals surface area contributed by atoms with E-state index in [2.05, 4.69) is 27.0 Å². The quantitative estimate of drug-likeness (QED) is 0.403. The molecule has 0 aliphatic rings. The van der Waals surface area contributed by atoms with Crippen molar-refractivity contribution in [1.29, 1.82) is 0 Å². The van der Waals surface area contributed by atoms with Crippen LogP contribution in [0.3, 0.4) is 0 Å². The van der Waals surface area contributed by atoms with Crippen molar-refractivity contribution in [2.45, 2.75) is 6.30 Å². The standard InChI is InChI=1S/C23H18F2N6O2/c1-2-19(32)30-15-6-5-7-16(10-15)33-23-20(22(26)27-13-28-23)14-11-29-31(12-14)21(25)17-8-3-4-9-18(17)24/h2-13,21H,1H2,(H,30,32)(H2,26,27,28). The number of rotatable bonds is 7. The number of hydrogen-bond acceptors (Lipinski definition) is 6. The number of nitrogen functional groups attached to an aromatic ring is 1. The molecular weight excluding hydrogens is 430 g/mol. The number of benzene rings is 2. The molecule has 0 saturated carbocycles. The highest BCUT2D eigenvalue weighted by molar-refractivity contribution is 5.98. The molecule has 2 heterocycles. The fourth-order valence-electron chi connectivity index (χ4n) is 3.08. The second-order valence-electron chi connectivity index (χ2n) is 6.83. The lowest BCUT2D eigenvalue weighted by molar-refractivity contribution is -0.111. The predicted octanol–water partition coefficient (Wildman–Crippen LogP) is 4.49. The summed E-state index contributed by atoms with van der Waals surface area (Å²) in [7, 11) is 0. The summed E-state index contributed by atoms with van der Waals surface area (Å²) in [6.07, 6.45) is 3.24. The van der Waals surface area contributed by atoms with Crippen molar-refractivity contribution in [3.8, 4) is 22.8 Å². The molecule has 0 spiro atoms. The van der Waals surface area contributed by atoms with Gasteiger partial charge in [-0.25, -0.2) is 23.4 Å². The molecule has 166 valence electrons. The number of hydrogen-bond donors (Lipinski definition) is 2. The third-order valence-electron chi connectivity index (χ3n) is 4.63. The Morgan fingerprint density at radius 3 is 2.82 bits per heavy atom. The molecule has 0 bridgehead atoms. The van der Waals surface area contributed by atoms with Gasteiger partial charge < -0.3 is 15.8 Å². The van der Waals surface area contributed by atoms with E-state index in [9.17, 15) is 13.6 Å². The molecule has 0 aliphatic heterocycles. The van der Waals surface area contributed by atoms with Gasteiger partial charge in [-0.2, -0.15) is 5.10 Å². The van der Waals surface area contributed by atoms with Gasteiger partial charge in [-0.05, 0) is 24.3 Å². The molecule has 8 nitrogen and oxygen atoms in total. The minimum Gasteiger partial charge on any atom is -0.438 e. The molecule has 4 rings (SSSR count). The minimum absolute atomic E-state index is 0.0805. The first-order valence-corrected chi connectivity index (χ1v) is 9.71. The number of halogens is 2. The topological polar surface area (TPSA) is 108 Å². The maximum absolute atomic E-state index is 14.9. The fourth-order valence-corrected chi connectivity index (χ4v) is 3.08. The highest BCUT2D eigenvalue weighted by Gasteiger charge is 2.21. The van der Waals surface area contributed by atoms with Gasteiger partial charge in [-0.15, -0.1) is 0 Å². The summed E-state index contributed by atoms with van der Waals surface area (Å²) in [5, 5.41) is 6.64. The molecule has 4 aromatic rings. The van der Waals surface area contributed by atoms with Crippen molar-refractivity contribution < 1.29 is 18.3 Å². The molecule has 3 N–H and O–H groups in total. The number of alkyl halides is 1. The number of nitrogens with one attached hydrogen (secondary N) is 1. The molecule has 1 atom stereocenters. The number of anilines is 2. The summed E-state index contributed by atoms with van der Waals surface area (Å²) in [6.45, 7) is 3.41. The van der Waals surface area contributed by atoms with Gasteiger partial charge in [0.05, 0.1) is 11.8 Å². The summed E-state index contributed by atoms with van der Waals surface area (Å²) in [6, 6.07) is 12.1. The Morgan fingerprint density at radius 2 is 2.03 bits per heavy atom. The summed E-state index contributed by atoms with van der Waals surface area (Å²) < 4.78 is 35.7. The smallest absolute Gasteiger partial charge is 0.247 e. The van der Waals surface area contributed by atoms with Crippen LogP contribution in [0.4, 0.5) is 20.3 Å². The average molecular weight is 448 g/mol. The molecule has 0 fully saturated rings. The summed E-state index contributed by atoms with van der Waals surface area (Å²) >= 11 is 0. The number of nitrogens with two attached hydrogens (primary N) is 1. The van der Waals surface area contributed by atoms with Crippen LogP contribution in [0, 0.1) is 5.82 Å². The van der Waals surface area contributed by atoms with Crippen molar-refractivity contribution in [2.75, 3.05) is 11.1 Å². The van der Waals surface area contributed by atoms with Gasteiger partial charge in [0.25, 0.3) is 0 Å². The van der Waals surface area contributed by atoms with Gasteiger partial charge in [0.15, 0.2) is 0 Å². The van der Waals surface area contributed by atoms with E-state index in [0.717, 1.165) is 10.8 Å². The first kappa shape index (κ1) is 21.6. The van der Waals surface area contributed by atoms with Crippen LogP contribution >= 0.6 is 0 Å². The highest BCUT2D eigenvalue weighted by atomic mass is 19.1. The molecule has 2 aromatic heterocycles. The second-order valence-corrected chi connectivity index (χ2v) is 6.83. The van der Waals surface area contributed by atoms with Crippen molar-refractivity contribution in [3.63, 3.8) is 0 Å². The van der Waals surface area contributed by atoms with Gasteiger partial charge in [0.1, 0.15) is 23.7 Å². The van der Waals surface area contributed by atoms with Crippen LogP contribution < -0.4 is 15.8 Å². The normalized spacial score (nSPS) is 11.6. The van der Waals surface area contributed by atoms with Crippen LogP contribution in [0.25, 0.3) is 11.1 Å². The van der Waals surface area contributed by atoms with E-state index in [0.29, 0.717) is 17.0 Å². The van der Waals surface area contributed by atoms with Crippen molar-refractivity contribution in [2.24, 2.45) is 0 Å². The zero-order chi connectivity index (χ0) is 23.4. The van der Waals surface area contributed by atoms with Crippen LogP contribution in [-0.4, -0.2) is 25.7 Å². The Kier molecular flexibility index (Phi) is 6.07. The molecule has 1 unspecified atom stereocenters. The van der Waals surface area contributed by atoms with E-state index >= 15 is 0 Å². The first-order valence-electron chi connectivity index (χ1n) is 9.71. The Labute approximate surface area is 187 Å². The highest BCUT2D eigenvalue weighted by Crippen LogP contribution is 2.36. The van der Waals surface area contributed by atoms with Gasteiger partial charge in [-0.3, -0.25) is 4.79 Å². The predicted molar refractivity (Wildman–Crippen MR) is 119 cm³/mol. The maximum Gasteiger partial charge on any atom is 0.247 e. The van der Waals surface area contributed by atoms with Crippen molar-refractivity contribution >= 4 is 17.4 Å². The lowest BCUT2D eigenvalue weighted by Crippen LogP contribution is -2.07.